The van der Waals surface area contributed by atoms with E-state index in [-0.39, 0.29) is 24.6 Å². The second-order valence-corrected chi connectivity index (χ2v) is 7.50. The van der Waals surface area contributed by atoms with E-state index in [2.05, 4.69) is 10.6 Å². The van der Waals surface area contributed by atoms with Gasteiger partial charge in [-0.1, -0.05) is 18.2 Å². The van der Waals surface area contributed by atoms with E-state index in [1.165, 1.54) is 0 Å². The summed E-state index contributed by atoms with van der Waals surface area (Å²) in [5.74, 6) is 1.05. The fourth-order valence-electron chi connectivity index (χ4n) is 3.86. The molecule has 3 heterocycles. The van der Waals surface area contributed by atoms with E-state index in [0.29, 0.717) is 42.4 Å². The molecule has 1 atom stereocenters. The number of benzene rings is 2. The molecule has 3 aliphatic heterocycles. The summed E-state index contributed by atoms with van der Waals surface area (Å²) in [6, 6.07) is 12.6. The number of urea groups is 1. The van der Waals surface area contributed by atoms with Crippen LogP contribution in [0.3, 0.4) is 0 Å². The van der Waals surface area contributed by atoms with Gasteiger partial charge in [-0.2, -0.15) is 0 Å². The monoisotopic (exact) mass is 395 g/mol. The minimum absolute atomic E-state index is 0.0172. The molecule has 1 unspecified atom stereocenters. The minimum atomic E-state index is -0.808. The number of likely N-dealkylation sites (tertiary alicyclic amines) is 1. The molecule has 3 aliphatic rings. The van der Waals surface area contributed by atoms with E-state index in [1.54, 1.807) is 11.0 Å². The van der Waals surface area contributed by atoms with E-state index in [9.17, 15) is 9.59 Å². The number of carbonyl (C=O) groups is 2. The third-order valence-electron chi connectivity index (χ3n) is 5.40. The van der Waals surface area contributed by atoms with E-state index >= 15 is 0 Å². The third-order valence-corrected chi connectivity index (χ3v) is 5.40. The van der Waals surface area contributed by atoms with Crippen LogP contribution in [0, 0.1) is 0 Å². The van der Waals surface area contributed by atoms with Gasteiger partial charge in [0.1, 0.15) is 5.75 Å². The summed E-state index contributed by atoms with van der Waals surface area (Å²) in [4.78, 5) is 26.0. The molecular weight excluding hydrogens is 374 g/mol. The number of hydrogen-bond donors (Lipinski definition) is 2. The molecule has 2 aromatic rings. The zero-order valence-corrected chi connectivity index (χ0v) is 15.9. The molecule has 150 valence electrons. The quantitative estimate of drug-likeness (QED) is 0.816. The second kappa shape index (κ2) is 6.58. The van der Waals surface area contributed by atoms with Crippen molar-refractivity contribution in [3.8, 4) is 17.2 Å². The lowest BCUT2D eigenvalue weighted by molar-refractivity contribution is -0.118. The first-order valence-electron chi connectivity index (χ1n) is 9.60. The first-order valence-corrected chi connectivity index (χ1v) is 9.60. The van der Waals surface area contributed by atoms with Gasteiger partial charge in [0.25, 0.3) is 11.7 Å². The molecule has 0 aliphatic carbocycles. The van der Waals surface area contributed by atoms with Crippen molar-refractivity contribution in [1.82, 2.24) is 10.2 Å². The molecule has 2 N–H and O–H groups in total. The van der Waals surface area contributed by atoms with Gasteiger partial charge < -0.3 is 29.7 Å². The van der Waals surface area contributed by atoms with Crippen molar-refractivity contribution in [1.29, 1.82) is 0 Å². The van der Waals surface area contributed by atoms with Crippen LogP contribution in [0.25, 0.3) is 0 Å². The maximum Gasteiger partial charge on any atom is 0.318 e. The average molecular weight is 395 g/mol. The highest BCUT2D eigenvalue weighted by atomic mass is 16.7. The molecule has 8 heteroatoms. The number of carbonyl (C=O) groups excluding carboxylic acids is 2. The molecule has 2 aromatic carbocycles. The molecule has 3 amide bonds. The van der Waals surface area contributed by atoms with Gasteiger partial charge in [-0.05, 0) is 36.8 Å². The van der Waals surface area contributed by atoms with Crippen LogP contribution in [-0.2, 0) is 4.79 Å². The van der Waals surface area contributed by atoms with Crippen molar-refractivity contribution < 1.29 is 23.8 Å². The number of anilines is 1. The van der Waals surface area contributed by atoms with E-state index in [1.807, 2.05) is 43.3 Å². The molecule has 5 rings (SSSR count). The first-order chi connectivity index (χ1) is 14.0. The van der Waals surface area contributed by atoms with Gasteiger partial charge in [0.05, 0.1) is 18.3 Å². The van der Waals surface area contributed by atoms with Crippen LogP contribution in [0.4, 0.5) is 10.5 Å². The van der Waals surface area contributed by atoms with Crippen LogP contribution in [-0.4, -0.2) is 42.3 Å². The maximum atomic E-state index is 12.8. The smallest absolute Gasteiger partial charge is 0.318 e. The highest BCUT2D eigenvalue weighted by Crippen LogP contribution is 2.42. The Morgan fingerprint density at radius 1 is 1.17 bits per heavy atom. The lowest BCUT2D eigenvalue weighted by atomic mass is 10.1. The van der Waals surface area contributed by atoms with Gasteiger partial charge in [0, 0.05) is 13.0 Å². The number of nitrogens with zero attached hydrogens (tertiary/aromatic N) is 1. The fourth-order valence-corrected chi connectivity index (χ4v) is 3.86. The lowest BCUT2D eigenvalue weighted by Gasteiger charge is -2.25. The van der Waals surface area contributed by atoms with Crippen molar-refractivity contribution in [3.05, 3.63) is 48.0 Å². The Kier molecular flexibility index (Phi) is 4.01. The summed E-state index contributed by atoms with van der Waals surface area (Å²) in [5, 5.41) is 5.79. The average Bonchev–Trinajstić information content (AvgIpc) is 3.30. The number of nitrogens with one attached hydrogen (secondary N) is 2. The number of ether oxygens (including phenoxy) is 3. The second-order valence-electron chi connectivity index (χ2n) is 7.50. The van der Waals surface area contributed by atoms with Gasteiger partial charge >= 0.3 is 6.03 Å². The van der Waals surface area contributed by atoms with Crippen LogP contribution >= 0.6 is 0 Å². The largest absolute Gasteiger partial charge is 0.482 e. The number of para-hydroxylation sites is 2. The van der Waals surface area contributed by atoms with Crippen molar-refractivity contribution in [2.45, 2.75) is 25.2 Å². The summed E-state index contributed by atoms with van der Waals surface area (Å²) >= 11 is 0. The number of hydrogen-bond acceptors (Lipinski definition) is 5. The highest BCUT2D eigenvalue weighted by molar-refractivity contribution is 5.95. The van der Waals surface area contributed by atoms with E-state index in [4.69, 9.17) is 14.2 Å². The molecule has 0 saturated carbocycles. The number of rotatable bonds is 2. The summed E-state index contributed by atoms with van der Waals surface area (Å²) in [6.45, 7) is 2.81. The van der Waals surface area contributed by atoms with Crippen LogP contribution in [0.5, 0.6) is 17.2 Å². The zero-order chi connectivity index (χ0) is 20.0. The van der Waals surface area contributed by atoms with Crippen LogP contribution in [0.1, 0.15) is 24.9 Å². The molecule has 0 aromatic heterocycles. The maximum absolute atomic E-state index is 12.8. The Balaban J connectivity index is 1.23. The third kappa shape index (κ3) is 3.20. The summed E-state index contributed by atoms with van der Waals surface area (Å²) in [7, 11) is 0. The molecule has 29 heavy (non-hydrogen) atoms. The topological polar surface area (TPSA) is 89.1 Å². The van der Waals surface area contributed by atoms with Gasteiger partial charge in [-0.3, -0.25) is 4.79 Å². The predicted molar refractivity (Wildman–Crippen MR) is 104 cm³/mol. The fraction of sp³-hybridized carbons (Fsp3) is 0.333. The van der Waals surface area contributed by atoms with E-state index in [0.717, 1.165) is 5.56 Å². The SMILES string of the molecule is CC(NC(=O)N1CCC2(C1)Oc1ccccc1O2)c1ccc2c(c1)NC(=O)CO2. The van der Waals surface area contributed by atoms with Gasteiger partial charge in [-0.15, -0.1) is 0 Å². The van der Waals surface area contributed by atoms with Crippen LogP contribution in [0.2, 0.25) is 0 Å². The van der Waals surface area contributed by atoms with Gasteiger partial charge in [0.2, 0.25) is 0 Å². The van der Waals surface area contributed by atoms with Crippen molar-refractivity contribution in [3.63, 3.8) is 0 Å². The Labute approximate surface area is 167 Å². The summed E-state index contributed by atoms with van der Waals surface area (Å²) < 4.78 is 17.4. The minimum Gasteiger partial charge on any atom is -0.482 e. The summed E-state index contributed by atoms with van der Waals surface area (Å²) in [5.41, 5.74) is 1.49. The molecule has 1 spiro atoms. The van der Waals surface area contributed by atoms with Gasteiger partial charge in [-0.25, -0.2) is 4.79 Å². The molecule has 1 saturated heterocycles. The molecule has 8 nitrogen and oxygen atoms in total. The summed E-state index contributed by atoms with van der Waals surface area (Å²) in [6.07, 6.45) is 0.603. The molecule has 0 bridgehead atoms. The zero-order valence-electron chi connectivity index (χ0n) is 15.9. The van der Waals surface area contributed by atoms with Crippen molar-refractivity contribution >= 4 is 17.6 Å². The Morgan fingerprint density at radius 3 is 2.69 bits per heavy atom. The van der Waals surface area contributed by atoms with Crippen molar-refractivity contribution in [2.24, 2.45) is 0 Å². The van der Waals surface area contributed by atoms with Crippen molar-refractivity contribution in [2.75, 3.05) is 25.0 Å². The molecule has 1 fully saturated rings. The normalized spacial score (nSPS) is 19.3. The number of fused-ring (bicyclic) bond motifs is 2. The molecular formula is C21H21N3O5. The Hall–Kier alpha value is -3.42. The lowest BCUT2D eigenvalue weighted by Crippen LogP contribution is -2.45. The van der Waals surface area contributed by atoms with Crippen LogP contribution in [0.15, 0.2) is 42.5 Å². The highest BCUT2D eigenvalue weighted by Gasteiger charge is 2.48. The standard InChI is InChI=1S/C21H21N3O5/c1-13(14-6-7-16-15(10-14)23-19(25)11-27-16)22-20(26)24-9-8-21(12-24)28-17-4-2-3-5-18(17)29-21/h2-7,10,13H,8-9,11-12H2,1H3,(H,22,26)(H,23,25). The number of amides is 3. The van der Waals surface area contributed by atoms with Crippen LogP contribution < -0.4 is 24.8 Å². The Morgan fingerprint density at radius 2 is 1.93 bits per heavy atom. The van der Waals surface area contributed by atoms with E-state index < -0.39 is 5.79 Å². The first kappa shape index (κ1) is 17.7. The van der Waals surface area contributed by atoms with Gasteiger partial charge in [0.15, 0.2) is 18.1 Å². The Bertz CT molecular complexity index is 967. The predicted octanol–water partition coefficient (Wildman–Crippen LogP) is 2.66. The molecule has 0 radical (unpaired) electrons.